The van der Waals surface area contributed by atoms with Gasteiger partial charge in [-0.2, -0.15) is 0 Å². The third-order valence-corrected chi connectivity index (χ3v) is 8.53. The molecule has 38 heavy (non-hydrogen) atoms. The molecule has 2 aliphatic rings. The van der Waals surface area contributed by atoms with Crippen LogP contribution in [0.4, 0.5) is 4.79 Å². The molecule has 9 heteroatoms. The zero-order valence-electron chi connectivity index (χ0n) is 20.7. The number of hydrogen-bond donors (Lipinski definition) is 1. The number of carbonyl (C=O) groups excluding carboxylic acids is 2. The van der Waals surface area contributed by atoms with Crippen molar-refractivity contribution in [3.05, 3.63) is 76.5 Å². The molecule has 0 radical (unpaired) electrons. The van der Waals surface area contributed by atoms with Gasteiger partial charge in [0.15, 0.2) is 5.75 Å². The Bertz CT molecular complexity index is 1500. The van der Waals surface area contributed by atoms with Crippen LogP contribution in [0.2, 0.25) is 5.02 Å². The van der Waals surface area contributed by atoms with Crippen LogP contribution in [0, 0.1) is 0 Å². The second-order valence-electron chi connectivity index (χ2n) is 9.76. The highest BCUT2D eigenvalue weighted by atomic mass is 35.5. The molecule has 3 heterocycles. The zero-order valence-corrected chi connectivity index (χ0v) is 22.3. The van der Waals surface area contributed by atoms with Gasteiger partial charge < -0.3 is 15.0 Å². The molecule has 194 valence electrons. The van der Waals surface area contributed by atoms with Crippen molar-refractivity contribution in [3.8, 4) is 16.2 Å². The van der Waals surface area contributed by atoms with Gasteiger partial charge in [0.05, 0.1) is 9.88 Å². The fourth-order valence-electron chi connectivity index (χ4n) is 4.92. The Morgan fingerprint density at radius 1 is 1.08 bits per heavy atom. The van der Waals surface area contributed by atoms with Crippen molar-refractivity contribution in [2.45, 2.75) is 44.1 Å². The van der Waals surface area contributed by atoms with E-state index in [2.05, 4.69) is 10.3 Å². The fourth-order valence-corrected chi connectivity index (χ4v) is 6.34. The number of piperidine rings is 1. The highest BCUT2D eigenvalue weighted by molar-refractivity contribution is 7.15. The normalized spacial score (nSPS) is 17.4. The first-order valence-electron chi connectivity index (χ1n) is 12.9. The number of hydrogen-bond acceptors (Lipinski definition) is 6. The van der Waals surface area contributed by atoms with Gasteiger partial charge in [0, 0.05) is 41.7 Å². The van der Waals surface area contributed by atoms with Gasteiger partial charge in [0.1, 0.15) is 11.2 Å². The molecule has 0 bridgehead atoms. The van der Waals surface area contributed by atoms with E-state index in [-0.39, 0.29) is 11.9 Å². The minimum atomic E-state index is -0.564. The molecule has 6 rings (SSSR count). The van der Waals surface area contributed by atoms with Crippen LogP contribution in [0.1, 0.15) is 53.5 Å². The summed E-state index contributed by atoms with van der Waals surface area (Å²) < 4.78 is 5.58. The van der Waals surface area contributed by atoms with Crippen molar-refractivity contribution >= 4 is 45.8 Å². The number of likely N-dealkylation sites (tertiary alicyclic amines) is 1. The average molecular weight is 547 g/mol. The van der Waals surface area contributed by atoms with Gasteiger partial charge in [-0.15, -0.1) is 11.3 Å². The number of ether oxygens (including phenoxy) is 1. The van der Waals surface area contributed by atoms with Gasteiger partial charge in [0.25, 0.3) is 5.91 Å². The summed E-state index contributed by atoms with van der Waals surface area (Å²) in [4.78, 5) is 38.5. The van der Waals surface area contributed by atoms with Crippen molar-refractivity contribution in [1.29, 1.82) is 0 Å². The molecule has 1 aliphatic heterocycles. The van der Waals surface area contributed by atoms with E-state index in [1.54, 1.807) is 23.6 Å². The molecule has 1 aliphatic carbocycles. The second kappa shape index (κ2) is 10.7. The molecule has 7 nitrogen and oxygen atoms in total. The number of aromatic nitrogens is 2. The maximum Gasteiger partial charge on any atom is 0.412 e. The number of halogens is 1. The molecule has 2 aromatic carbocycles. The van der Waals surface area contributed by atoms with E-state index in [9.17, 15) is 9.59 Å². The Balaban J connectivity index is 1.19. The summed E-state index contributed by atoms with van der Waals surface area (Å²) in [5, 5.41) is 5.41. The molecule has 1 atom stereocenters. The number of pyridine rings is 1. The lowest BCUT2D eigenvalue weighted by Gasteiger charge is -2.35. The van der Waals surface area contributed by atoms with E-state index < -0.39 is 6.09 Å². The number of para-hydroxylation sites is 1. The summed E-state index contributed by atoms with van der Waals surface area (Å²) >= 11 is 7.87. The number of amides is 2. The van der Waals surface area contributed by atoms with E-state index in [1.807, 2.05) is 53.4 Å². The van der Waals surface area contributed by atoms with Crippen LogP contribution in [0.3, 0.4) is 0 Å². The summed E-state index contributed by atoms with van der Waals surface area (Å²) in [6, 6.07) is 16.7. The first-order chi connectivity index (χ1) is 18.6. The predicted octanol–water partition coefficient (Wildman–Crippen LogP) is 6.67. The number of rotatable bonds is 6. The molecule has 0 spiro atoms. The molecule has 2 aromatic heterocycles. The maximum atomic E-state index is 13.9. The number of fused-ring (bicyclic) bond motifs is 1. The molecular weight excluding hydrogens is 520 g/mol. The van der Waals surface area contributed by atoms with Gasteiger partial charge >= 0.3 is 6.09 Å². The molecule has 4 aromatic rings. The van der Waals surface area contributed by atoms with Crippen LogP contribution in [0.15, 0.2) is 60.8 Å². The summed E-state index contributed by atoms with van der Waals surface area (Å²) in [5.41, 5.74) is 2.02. The lowest BCUT2D eigenvalue weighted by molar-refractivity contribution is 0.0607. The number of nitrogens with zero attached hydrogens (tertiary/aromatic N) is 3. The van der Waals surface area contributed by atoms with Gasteiger partial charge in [-0.1, -0.05) is 41.9 Å². The minimum Gasteiger partial charge on any atom is -0.408 e. The van der Waals surface area contributed by atoms with Crippen molar-refractivity contribution in [2.24, 2.45) is 0 Å². The standard InChI is InChI=1S/C29H27ClN4O3S/c30-21-9-3-7-20(16-21)26-25(33-27(38-26)19-12-13-19)28(35)34-15-2-1-10-22(34)17-32-29(36)37-23-11-4-6-18-8-5-14-31-24(18)23/h3-9,11,14,16,19,22H,1-2,10,12-13,15,17H2,(H,32,36)/t22-/m0/s1. The molecule has 2 amide bonds. The number of benzene rings is 2. The highest BCUT2D eigenvalue weighted by Crippen LogP contribution is 2.45. The Morgan fingerprint density at radius 2 is 1.92 bits per heavy atom. The zero-order chi connectivity index (χ0) is 26.1. The first-order valence-corrected chi connectivity index (χ1v) is 14.1. The van der Waals surface area contributed by atoms with Crippen LogP contribution in [-0.4, -0.2) is 46.0 Å². The third-order valence-electron chi connectivity index (χ3n) is 7.03. The predicted molar refractivity (Wildman–Crippen MR) is 149 cm³/mol. The van der Waals surface area contributed by atoms with E-state index >= 15 is 0 Å². The third kappa shape index (κ3) is 5.24. The van der Waals surface area contributed by atoms with Crippen LogP contribution < -0.4 is 10.1 Å². The summed E-state index contributed by atoms with van der Waals surface area (Å²) in [6.07, 6.45) is 6.04. The molecule has 1 saturated carbocycles. The minimum absolute atomic E-state index is 0.0961. The average Bonchev–Trinajstić information content (AvgIpc) is 3.70. The van der Waals surface area contributed by atoms with Gasteiger partial charge in [-0.05, 0) is 61.9 Å². The topological polar surface area (TPSA) is 84.4 Å². The molecule has 1 saturated heterocycles. The first kappa shape index (κ1) is 24.8. The van der Waals surface area contributed by atoms with Crippen LogP contribution in [-0.2, 0) is 0 Å². The molecular formula is C29H27ClN4O3S. The maximum absolute atomic E-state index is 13.9. The van der Waals surface area contributed by atoms with Gasteiger partial charge in [-0.25, -0.2) is 9.78 Å². The smallest absolute Gasteiger partial charge is 0.408 e. The van der Waals surface area contributed by atoms with Crippen molar-refractivity contribution < 1.29 is 14.3 Å². The van der Waals surface area contributed by atoms with Crippen LogP contribution in [0.25, 0.3) is 21.3 Å². The van der Waals surface area contributed by atoms with Crippen molar-refractivity contribution in [2.75, 3.05) is 13.1 Å². The Labute approximate surface area is 229 Å². The van der Waals surface area contributed by atoms with Crippen LogP contribution in [0.5, 0.6) is 5.75 Å². The summed E-state index contributed by atoms with van der Waals surface area (Å²) in [7, 11) is 0. The fraction of sp³-hybridized carbons (Fsp3) is 0.310. The Morgan fingerprint density at radius 3 is 2.76 bits per heavy atom. The Kier molecular flexibility index (Phi) is 7.00. The van der Waals surface area contributed by atoms with E-state index in [4.69, 9.17) is 21.3 Å². The number of thiazole rings is 1. The SMILES string of the molecule is O=C(NC[C@@H]1CCCCN1C(=O)c1nc(C2CC2)sc1-c1cccc(Cl)c1)Oc1cccc2cccnc12. The quantitative estimate of drug-likeness (QED) is 0.292. The molecule has 1 N–H and O–H groups in total. The van der Waals surface area contributed by atoms with E-state index in [1.165, 1.54) is 0 Å². The highest BCUT2D eigenvalue weighted by Gasteiger charge is 2.34. The number of nitrogens with one attached hydrogen (secondary N) is 1. The lowest BCUT2D eigenvalue weighted by Crippen LogP contribution is -2.50. The molecule has 2 fully saturated rings. The van der Waals surface area contributed by atoms with Crippen LogP contribution >= 0.6 is 22.9 Å². The summed E-state index contributed by atoms with van der Waals surface area (Å²) in [5.74, 6) is 0.747. The van der Waals surface area contributed by atoms with Crippen molar-refractivity contribution in [3.63, 3.8) is 0 Å². The second-order valence-corrected chi connectivity index (χ2v) is 11.2. The lowest BCUT2D eigenvalue weighted by atomic mass is 10.0. The van der Waals surface area contributed by atoms with Crippen molar-refractivity contribution in [1.82, 2.24) is 20.2 Å². The van der Waals surface area contributed by atoms with Gasteiger partial charge in [0.2, 0.25) is 0 Å². The number of carbonyl (C=O) groups is 2. The molecule has 0 unspecified atom stereocenters. The largest absolute Gasteiger partial charge is 0.412 e. The van der Waals surface area contributed by atoms with E-state index in [0.717, 1.165) is 52.9 Å². The Hall–Kier alpha value is -3.49. The summed E-state index contributed by atoms with van der Waals surface area (Å²) in [6.45, 7) is 0.924. The monoisotopic (exact) mass is 546 g/mol. The van der Waals surface area contributed by atoms with Gasteiger partial charge in [-0.3, -0.25) is 9.78 Å². The van der Waals surface area contributed by atoms with E-state index in [0.29, 0.717) is 41.0 Å².